The monoisotopic (exact) mass is 356 g/mol. The van der Waals surface area contributed by atoms with Crippen LogP contribution in [-0.2, 0) is 14.3 Å². The second kappa shape index (κ2) is 14.8. The van der Waals surface area contributed by atoms with Crippen molar-refractivity contribution in [3.8, 4) is 0 Å². The molecular formula is C20H36O3S. The predicted molar refractivity (Wildman–Crippen MR) is 102 cm³/mol. The third-order valence-corrected chi connectivity index (χ3v) is 5.93. The van der Waals surface area contributed by atoms with Crippen molar-refractivity contribution >= 4 is 23.7 Å². The van der Waals surface area contributed by atoms with Crippen molar-refractivity contribution in [3.05, 3.63) is 0 Å². The number of rotatable bonds is 16. The summed E-state index contributed by atoms with van der Waals surface area (Å²) in [7, 11) is 0. The summed E-state index contributed by atoms with van der Waals surface area (Å²) < 4.78 is 4.55. The molecule has 0 saturated carbocycles. The predicted octanol–water partition coefficient (Wildman–Crippen LogP) is 6.04. The number of thioether (sulfide) groups is 1. The third-order valence-electron chi connectivity index (χ3n) is 4.65. The molecular weight excluding hydrogens is 320 g/mol. The van der Waals surface area contributed by atoms with Gasteiger partial charge in [-0.1, -0.05) is 90.4 Å². The summed E-state index contributed by atoms with van der Waals surface area (Å²) in [5.41, 5.74) is 0. The highest BCUT2D eigenvalue weighted by atomic mass is 32.2. The summed E-state index contributed by atoms with van der Waals surface area (Å²) in [5, 5.41) is -0.237. The maximum absolute atomic E-state index is 11.3. The lowest BCUT2D eigenvalue weighted by molar-refractivity contribution is -0.151. The zero-order chi connectivity index (χ0) is 17.5. The van der Waals surface area contributed by atoms with Crippen molar-refractivity contribution in [1.82, 2.24) is 0 Å². The fourth-order valence-corrected chi connectivity index (χ4v) is 4.20. The van der Waals surface area contributed by atoms with Crippen LogP contribution < -0.4 is 0 Å². The van der Waals surface area contributed by atoms with E-state index in [1.165, 1.54) is 83.5 Å². The van der Waals surface area contributed by atoms with E-state index in [-0.39, 0.29) is 23.6 Å². The van der Waals surface area contributed by atoms with Gasteiger partial charge in [0.2, 0.25) is 0 Å². The van der Waals surface area contributed by atoms with Crippen LogP contribution in [0.5, 0.6) is 0 Å². The SMILES string of the molecule is CCCCCCCCCCCCCCCCSC1CC(=O)OC1=O. The largest absolute Gasteiger partial charge is 0.392 e. The quantitative estimate of drug-likeness (QED) is 0.192. The molecule has 1 atom stereocenters. The molecule has 0 aromatic rings. The molecule has 0 N–H and O–H groups in total. The average Bonchev–Trinajstić information content (AvgIpc) is 2.88. The van der Waals surface area contributed by atoms with Crippen molar-refractivity contribution in [3.63, 3.8) is 0 Å². The fourth-order valence-electron chi connectivity index (χ4n) is 3.10. The van der Waals surface area contributed by atoms with Gasteiger partial charge in [0.15, 0.2) is 0 Å². The Morgan fingerprint density at radius 3 is 1.67 bits per heavy atom. The molecule has 0 radical (unpaired) electrons. The van der Waals surface area contributed by atoms with E-state index in [1.54, 1.807) is 11.8 Å². The van der Waals surface area contributed by atoms with Crippen LogP contribution in [0.2, 0.25) is 0 Å². The molecule has 1 fully saturated rings. The first-order chi connectivity index (χ1) is 11.7. The third kappa shape index (κ3) is 11.1. The minimum Gasteiger partial charge on any atom is -0.392 e. The number of hydrogen-bond acceptors (Lipinski definition) is 4. The minimum atomic E-state index is -0.363. The maximum Gasteiger partial charge on any atom is 0.327 e. The summed E-state index contributed by atoms with van der Waals surface area (Å²) in [6, 6.07) is 0. The van der Waals surface area contributed by atoms with Gasteiger partial charge in [-0.3, -0.25) is 9.59 Å². The fraction of sp³-hybridized carbons (Fsp3) is 0.900. The Hall–Kier alpha value is -0.510. The average molecular weight is 357 g/mol. The Labute approximate surface area is 152 Å². The highest BCUT2D eigenvalue weighted by Crippen LogP contribution is 2.24. The van der Waals surface area contributed by atoms with Crippen LogP contribution in [-0.4, -0.2) is 22.9 Å². The Morgan fingerprint density at radius 2 is 1.25 bits per heavy atom. The molecule has 0 aromatic heterocycles. The van der Waals surface area contributed by atoms with E-state index in [1.807, 2.05) is 0 Å². The second-order valence-corrected chi connectivity index (χ2v) is 8.26. The van der Waals surface area contributed by atoms with Crippen molar-refractivity contribution in [2.24, 2.45) is 0 Å². The molecule has 0 aliphatic carbocycles. The van der Waals surface area contributed by atoms with Crippen molar-refractivity contribution in [2.45, 2.75) is 108 Å². The molecule has 4 heteroatoms. The van der Waals surface area contributed by atoms with Gasteiger partial charge in [0, 0.05) is 0 Å². The molecule has 1 saturated heterocycles. The topological polar surface area (TPSA) is 43.4 Å². The summed E-state index contributed by atoms with van der Waals surface area (Å²) in [6.45, 7) is 2.27. The Balaban J connectivity index is 1.73. The molecule has 1 heterocycles. The van der Waals surface area contributed by atoms with E-state index in [2.05, 4.69) is 11.7 Å². The summed E-state index contributed by atoms with van der Waals surface area (Å²) in [6.07, 6.45) is 19.3. The Morgan fingerprint density at radius 1 is 0.792 bits per heavy atom. The summed E-state index contributed by atoms with van der Waals surface area (Å²) in [4.78, 5) is 22.3. The van der Waals surface area contributed by atoms with Gasteiger partial charge >= 0.3 is 11.9 Å². The number of carbonyl (C=O) groups excluding carboxylic acids is 2. The molecule has 1 aliphatic rings. The van der Waals surface area contributed by atoms with Gasteiger partial charge in [0.05, 0.1) is 6.42 Å². The number of hydrogen-bond donors (Lipinski definition) is 0. The zero-order valence-electron chi connectivity index (χ0n) is 15.5. The standard InChI is InChI=1S/C20H36O3S/c1-2-3-4-5-6-7-8-9-10-11-12-13-14-15-16-24-18-17-19(21)23-20(18)22/h18H,2-17H2,1H3. The highest BCUT2D eigenvalue weighted by molar-refractivity contribution is 8.00. The number of cyclic esters (lactones) is 2. The second-order valence-electron chi connectivity index (χ2n) is 6.95. The van der Waals surface area contributed by atoms with Crippen LogP contribution in [0.15, 0.2) is 0 Å². The van der Waals surface area contributed by atoms with Gasteiger partial charge in [-0.2, -0.15) is 0 Å². The number of unbranched alkanes of at least 4 members (excludes halogenated alkanes) is 13. The van der Waals surface area contributed by atoms with E-state index >= 15 is 0 Å². The lowest BCUT2D eigenvalue weighted by Gasteiger charge is -2.05. The highest BCUT2D eigenvalue weighted by Gasteiger charge is 2.33. The molecule has 0 spiro atoms. The van der Waals surface area contributed by atoms with Crippen LogP contribution in [0.25, 0.3) is 0 Å². The van der Waals surface area contributed by atoms with Gasteiger partial charge in [-0.05, 0) is 12.2 Å². The van der Waals surface area contributed by atoms with Crippen LogP contribution in [0.3, 0.4) is 0 Å². The lowest BCUT2D eigenvalue weighted by atomic mass is 10.0. The first-order valence-corrected chi connectivity index (χ1v) is 11.1. The van der Waals surface area contributed by atoms with Crippen molar-refractivity contribution < 1.29 is 14.3 Å². The van der Waals surface area contributed by atoms with E-state index in [0.29, 0.717) is 0 Å². The van der Waals surface area contributed by atoms with Crippen molar-refractivity contribution in [2.75, 3.05) is 5.75 Å². The van der Waals surface area contributed by atoms with Gasteiger partial charge in [0.25, 0.3) is 0 Å². The molecule has 140 valence electrons. The van der Waals surface area contributed by atoms with E-state index in [9.17, 15) is 9.59 Å². The van der Waals surface area contributed by atoms with E-state index < -0.39 is 0 Å². The van der Waals surface area contributed by atoms with Crippen LogP contribution in [0.1, 0.15) is 103 Å². The normalized spacial score (nSPS) is 17.5. The van der Waals surface area contributed by atoms with Gasteiger partial charge in [-0.15, -0.1) is 11.8 Å². The molecule has 1 aliphatic heterocycles. The Bertz CT molecular complexity index is 344. The number of carbonyl (C=O) groups is 2. The molecule has 0 aromatic carbocycles. The van der Waals surface area contributed by atoms with Gasteiger partial charge in [0.1, 0.15) is 5.25 Å². The molecule has 0 bridgehead atoms. The van der Waals surface area contributed by atoms with Gasteiger partial charge < -0.3 is 4.74 Å². The molecule has 3 nitrogen and oxygen atoms in total. The minimum absolute atomic E-state index is 0.237. The van der Waals surface area contributed by atoms with Crippen LogP contribution in [0.4, 0.5) is 0 Å². The molecule has 1 unspecified atom stereocenters. The van der Waals surface area contributed by atoms with Gasteiger partial charge in [-0.25, -0.2) is 0 Å². The first-order valence-electron chi connectivity index (χ1n) is 10.1. The first kappa shape index (κ1) is 21.5. The van der Waals surface area contributed by atoms with Crippen molar-refractivity contribution in [1.29, 1.82) is 0 Å². The van der Waals surface area contributed by atoms with E-state index in [4.69, 9.17) is 0 Å². The Kier molecular flexibility index (Phi) is 13.3. The molecule has 0 amide bonds. The smallest absolute Gasteiger partial charge is 0.327 e. The number of esters is 2. The summed E-state index contributed by atoms with van der Waals surface area (Å²) in [5.74, 6) is 0.263. The lowest BCUT2D eigenvalue weighted by Crippen LogP contribution is -2.10. The number of ether oxygens (including phenoxy) is 1. The maximum atomic E-state index is 11.3. The van der Waals surface area contributed by atoms with E-state index in [0.717, 1.165) is 12.2 Å². The zero-order valence-corrected chi connectivity index (χ0v) is 16.3. The molecule has 24 heavy (non-hydrogen) atoms. The van der Waals surface area contributed by atoms with Crippen LogP contribution in [0, 0.1) is 0 Å². The van der Waals surface area contributed by atoms with Crippen LogP contribution >= 0.6 is 11.8 Å². The summed E-state index contributed by atoms with van der Waals surface area (Å²) >= 11 is 1.58. The molecule has 1 rings (SSSR count).